The van der Waals surface area contributed by atoms with E-state index < -0.39 is 0 Å². The van der Waals surface area contributed by atoms with Crippen LogP contribution >= 0.6 is 0 Å². The first kappa shape index (κ1) is 17.5. The topological polar surface area (TPSA) is 0 Å². The molecule has 0 unspecified atom stereocenters. The SMILES string of the molecule is [B](c1ccccc1-c1ccccc1)c1c(-c2ccccc2)ccc2ccccc12. The molecule has 0 saturated carbocycles. The lowest BCUT2D eigenvalue weighted by atomic mass is 9.58. The minimum absolute atomic E-state index is 1.23. The first-order chi connectivity index (χ1) is 14.4. The summed E-state index contributed by atoms with van der Waals surface area (Å²) < 4.78 is 0. The van der Waals surface area contributed by atoms with Gasteiger partial charge in [0.15, 0.2) is 7.28 Å². The van der Waals surface area contributed by atoms with Crippen LogP contribution in [0.3, 0.4) is 0 Å². The first-order valence-electron chi connectivity index (χ1n) is 9.96. The Kier molecular flexibility index (Phi) is 4.72. The molecule has 0 amide bonds. The normalized spacial score (nSPS) is 10.8. The zero-order valence-corrected chi connectivity index (χ0v) is 16.1. The van der Waals surface area contributed by atoms with E-state index in [1.54, 1.807) is 0 Å². The number of rotatable bonds is 4. The van der Waals surface area contributed by atoms with Crippen LogP contribution in [0.1, 0.15) is 0 Å². The molecule has 0 aliphatic carbocycles. The average Bonchev–Trinajstić information content (AvgIpc) is 2.81. The standard InChI is InChI=1S/C28H20B/c1-3-11-21(12-4-1)24-16-9-10-18-27(24)29-28-25-17-8-7-15-23(25)19-20-26(28)22-13-5-2-6-14-22/h1-20H. The molecule has 0 bridgehead atoms. The quantitative estimate of drug-likeness (QED) is 0.351. The molecule has 1 radical (unpaired) electrons. The molecule has 0 saturated heterocycles. The molecule has 0 aromatic heterocycles. The molecule has 0 spiro atoms. The predicted molar refractivity (Wildman–Crippen MR) is 126 cm³/mol. The lowest BCUT2D eigenvalue weighted by molar-refractivity contribution is 1.64. The van der Waals surface area contributed by atoms with Gasteiger partial charge in [0.1, 0.15) is 0 Å². The Labute approximate surface area is 172 Å². The van der Waals surface area contributed by atoms with E-state index in [2.05, 4.69) is 129 Å². The minimum atomic E-state index is 1.23. The molecule has 0 aliphatic heterocycles. The van der Waals surface area contributed by atoms with Crippen LogP contribution in [0.2, 0.25) is 0 Å². The van der Waals surface area contributed by atoms with Crippen LogP contribution < -0.4 is 10.9 Å². The van der Waals surface area contributed by atoms with E-state index in [1.165, 1.54) is 44.0 Å². The summed E-state index contributed by atoms with van der Waals surface area (Å²) in [5.74, 6) is 0. The van der Waals surface area contributed by atoms with Crippen LogP contribution in [0.15, 0.2) is 121 Å². The molecule has 5 rings (SSSR count). The number of benzene rings is 5. The summed E-state index contributed by atoms with van der Waals surface area (Å²) >= 11 is 0. The lowest BCUT2D eigenvalue weighted by Gasteiger charge is -2.16. The zero-order chi connectivity index (χ0) is 19.5. The lowest BCUT2D eigenvalue weighted by Crippen LogP contribution is -2.30. The highest BCUT2D eigenvalue weighted by Gasteiger charge is 2.14. The van der Waals surface area contributed by atoms with Gasteiger partial charge in [-0.3, -0.25) is 0 Å². The van der Waals surface area contributed by atoms with Gasteiger partial charge in [-0.25, -0.2) is 0 Å². The Morgan fingerprint density at radius 1 is 0.414 bits per heavy atom. The molecule has 0 heterocycles. The molecule has 0 atom stereocenters. The highest BCUT2D eigenvalue weighted by atomic mass is 14.1. The number of fused-ring (bicyclic) bond motifs is 1. The van der Waals surface area contributed by atoms with Crippen molar-refractivity contribution in [3.05, 3.63) is 121 Å². The molecule has 0 fully saturated rings. The fourth-order valence-electron chi connectivity index (χ4n) is 3.98. The van der Waals surface area contributed by atoms with Gasteiger partial charge in [0.05, 0.1) is 0 Å². The van der Waals surface area contributed by atoms with Crippen molar-refractivity contribution in [2.45, 2.75) is 0 Å². The molecule has 0 aliphatic rings. The molecule has 5 aromatic carbocycles. The Hall–Kier alpha value is -3.58. The van der Waals surface area contributed by atoms with Crippen molar-refractivity contribution in [3.63, 3.8) is 0 Å². The Bertz CT molecular complexity index is 1260. The third kappa shape index (κ3) is 3.48. The molecule has 5 aromatic rings. The summed E-state index contributed by atoms with van der Waals surface area (Å²) in [4.78, 5) is 0. The molecule has 29 heavy (non-hydrogen) atoms. The third-order valence-electron chi connectivity index (χ3n) is 5.40. The van der Waals surface area contributed by atoms with Gasteiger partial charge >= 0.3 is 0 Å². The Balaban J connectivity index is 1.71. The van der Waals surface area contributed by atoms with E-state index in [4.69, 9.17) is 0 Å². The fourth-order valence-corrected chi connectivity index (χ4v) is 3.98. The molecular formula is C28H20B. The van der Waals surface area contributed by atoms with Crippen molar-refractivity contribution in [1.82, 2.24) is 0 Å². The Morgan fingerprint density at radius 3 is 1.76 bits per heavy atom. The number of hydrogen-bond acceptors (Lipinski definition) is 0. The second-order valence-corrected chi connectivity index (χ2v) is 7.21. The van der Waals surface area contributed by atoms with Crippen LogP contribution in [0.5, 0.6) is 0 Å². The average molecular weight is 367 g/mol. The fraction of sp³-hybridized carbons (Fsp3) is 0. The monoisotopic (exact) mass is 367 g/mol. The highest BCUT2D eigenvalue weighted by Crippen LogP contribution is 2.23. The summed E-state index contributed by atoms with van der Waals surface area (Å²) in [6.07, 6.45) is 0. The smallest absolute Gasteiger partial charge is 0.0737 e. The van der Waals surface area contributed by atoms with Crippen molar-refractivity contribution >= 4 is 29.0 Å². The van der Waals surface area contributed by atoms with Crippen molar-refractivity contribution < 1.29 is 0 Å². The van der Waals surface area contributed by atoms with Crippen molar-refractivity contribution in [2.24, 2.45) is 0 Å². The zero-order valence-electron chi connectivity index (χ0n) is 16.1. The predicted octanol–water partition coefficient (Wildman–Crippen LogP) is 5.83. The van der Waals surface area contributed by atoms with Crippen LogP contribution in [0.4, 0.5) is 0 Å². The summed E-state index contributed by atoms with van der Waals surface area (Å²) in [5, 5.41) is 2.53. The Morgan fingerprint density at radius 2 is 1.00 bits per heavy atom. The van der Waals surface area contributed by atoms with Crippen LogP contribution in [0, 0.1) is 0 Å². The highest BCUT2D eigenvalue weighted by molar-refractivity contribution is 6.72. The third-order valence-corrected chi connectivity index (χ3v) is 5.40. The van der Waals surface area contributed by atoms with Gasteiger partial charge in [-0.15, -0.1) is 0 Å². The van der Waals surface area contributed by atoms with Gasteiger partial charge < -0.3 is 0 Å². The van der Waals surface area contributed by atoms with Crippen LogP contribution in [0.25, 0.3) is 33.0 Å². The van der Waals surface area contributed by atoms with E-state index in [0.717, 1.165) is 0 Å². The van der Waals surface area contributed by atoms with Gasteiger partial charge in [-0.2, -0.15) is 0 Å². The van der Waals surface area contributed by atoms with Gasteiger partial charge in [0.25, 0.3) is 0 Å². The number of hydrogen-bond donors (Lipinski definition) is 0. The molecule has 0 N–H and O–H groups in total. The summed E-state index contributed by atoms with van der Waals surface area (Å²) in [5.41, 5.74) is 7.47. The van der Waals surface area contributed by atoms with Crippen LogP contribution in [-0.2, 0) is 0 Å². The molecule has 0 nitrogen and oxygen atoms in total. The van der Waals surface area contributed by atoms with Gasteiger partial charge in [0, 0.05) is 0 Å². The molecular weight excluding hydrogens is 347 g/mol. The maximum absolute atomic E-state index is 2.34. The van der Waals surface area contributed by atoms with Crippen molar-refractivity contribution in [3.8, 4) is 22.3 Å². The van der Waals surface area contributed by atoms with Crippen molar-refractivity contribution in [1.29, 1.82) is 0 Å². The maximum atomic E-state index is 2.34. The van der Waals surface area contributed by atoms with E-state index in [0.29, 0.717) is 0 Å². The van der Waals surface area contributed by atoms with Crippen molar-refractivity contribution in [2.75, 3.05) is 0 Å². The maximum Gasteiger partial charge on any atom is 0.193 e. The second-order valence-electron chi connectivity index (χ2n) is 7.21. The van der Waals surface area contributed by atoms with Crippen LogP contribution in [-0.4, -0.2) is 7.28 Å². The molecule has 135 valence electrons. The summed E-state index contributed by atoms with van der Waals surface area (Å²) in [6.45, 7) is 0. The largest absolute Gasteiger partial charge is 0.193 e. The minimum Gasteiger partial charge on any atom is -0.0737 e. The van der Waals surface area contributed by atoms with E-state index in [9.17, 15) is 0 Å². The van der Waals surface area contributed by atoms with Gasteiger partial charge in [0.2, 0.25) is 0 Å². The van der Waals surface area contributed by atoms with E-state index in [-0.39, 0.29) is 0 Å². The van der Waals surface area contributed by atoms with E-state index >= 15 is 0 Å². The van der Waals surface area contributed by atoms with Gasteiger partial charge in [-0.05, 0) is 33.0 Å². The second kappa shape index (κ2) is 7.81. The summed E-state index contributed by atoms with van der Waals surface area (Å²) in [7, 11) is 2.34. The van der Waals surface area contributed by atoms with Gasteiger partial charge in [-0.1, -0.05) is 132 Å². The summed E-state index contributed by atoms with van der Waals surface area (Å²) in [6, 6.07) is 43.0. The molecule has 1 heteroatoms. The first-order valence-corrected chi connectivity index (χ1v) is 9.96. The van der Waals surface area contributed by atoms with E-state index in [1.807, 2.05) is 0 Å².